The van der Waals surface area contributed by atoms with E-state index in [9.17, 15) is 4.79 Å². The van der Waals surface area contributed by atoms with E-state index in [4.69, 9.17) is 23.2 Å². The molecule has 0 aromatic heterocycles. The lowest BCUT2D eigenvalue weighted by Crippen LogP contribution is -3.10. The summed E-state index contributed by atoms with van der Waals surface area (Å²) in [5.74, 6) is -0.00548. The van der Waals surface area contributed by atoms with Crippen LogP contribution >= 0.6 is 23.2 Å². The van der Waals surface area contributed by atoms with Gasteiger partial charge in [-0.05, 0) is 23.8 Å². The van der Waals surface area contributed by atoms with Gasteiger partial charge in [-0.3, -0.25) is 15.1 Å². The Bertz CT molecular complexity index is 1060. The van der Waals surface area contributed by atoms with Crippen molar-refractivity contribution in [3.63, 3.8) is 0 Å². The van der Waals surface area contributed by atoms with Crippen LogP contribution in [-0.2, 0) is 11.3 Å². The molecule has 1 fully saturated rings. The molecule has 30 heavy (non-hydrogen) atoms. The normalized spacial score (nSPS) is 18.5. The highest BCUT2D eigenvalue weighted by Gasteiger charge is 2.43. The fraction of sp³-hybridized carbons (Fsp3) is 0.125. The van der Waals surface area contributed by atoms with Crippen molar-refractivity contribution in [1.29, 1.82) is 0 Å². The second-order valence-electron chi connectivity index (χ2n) is 7.29. The van der Waals surface area contributed by atoms with E-state index < -0.39 is 0 Å². The molecule has 152 valence electrons. The monoisotopic (exact) mass is 438 g/mol. The predicted octanol–water partition coefficient (Wildman–Crippen LogP) is 4.09. The molecule has 1 aliphatic heterocycles. The van der Waals surface area contributed by atoms with Crippen LogP contribution in [0, 0.1) is 0 Å². The van der Waals surface area contributed by atoms with Crippen molar-refractivity contribution < 1.29 is 9.69 Å². The van der Waals surface area contributed by atoms with E-state index in [1.165, 1.54) is 0 Å². The van der Waals surface area contributed by atoms with Crippen LogP contribution in [0.4, 0.5) is 0 Å². The number of nitrogens with zero attached hydrogens (tertiary/aromatic N) is 1. The second-order valence-corrected chi connectivity index (χ2v) is 8.11. The summed E-state index contributed by atoms with van der Waals surface area (Å²) < 4.78 is 0. The number of halogens is 2. The van der Waals surface area contributed by atoms with Crippen molar-refractivity contribution in [2.75, 3.05) is 6.54 Å². The molecule has 1 heterocycles. The number of nitrogens with one attached hydrogen (secondary N) is 2. The lowest BCUT2D eigenvalue weighted by molar-refractivity contribution is -0.937. The SMILES string of the molecule is C=C(NN1C(=O)C[NH+](Cc2ccccc2)[C@@H]1c1ccc(Cl)c(Cl)c1)c1ccccc1. The van der Waals surface area contributed by atoms with Gasteiger partial charge in [0.05, 0.1) is 15.7 Å². The van der Waals surface area contributed by atoms with E-state index in [-0.39, 0.29) is 12.1 Å². The van der Waals surface area contributed by atoms with Gasteiger partial charge in [-0.1, -0.05) is 90.4 Å². The van der Waals surface area contributed by atoms with Crippen molar-refractivity contribution >= 4 is 34.8 Å². The van der Waals surface area contributed by atoms with Gasteiger partial charge in [0.1, 0.15) is 6.54 Å². The topological polar surface area (TPSA) is 36.8 Å². The maximum absolute atomic E-state index is 13.0. The fourth-order valence-electron chi connectivity index (χ4n) is 3.76. The van der Waals surface area contributed by atoms with Crippen LogP contribution in [0.25, 0.3) is 5.70 Å². The summed E-state index contributed by atoms with van der Waals surface area (Å²) in [5, 5.41) is 2.62. The van der Waals surface area contributed by atoms with Crippen molar-refractivity contribution in [2.45, 2.75) is 12.7 Å². The number of quaternary nitrogens is 1. The van der Waals surface area contributed by atoms with Gasteiger partial charge in [-0.25, -0.2) is 0 Å². The van der Waals surface area contributed by atoms with E-state index in [0.29, 0.717) is 28.8 Å². The first-order chi connectivity index (χ1) is 14.5. The summed E-state index contributed by atoms with van der Waals surface area (Å²) in [4.78, 5) is 14.1. The van der Waals surface area contributed by atoms with Gasteiger partial charge < -0.3 is 0 Å². The number of carbonyl (C=O) groups excluding carboxylic acids is 1. The van der Waals surface area contributed by atoms with E-state index in [1.54, 1.807) is 11.1 Å². The Morgan fingerprint density at radius 1 is 1.00 bits per heavy atom. The Balaban J connectivity index is 1.66. The molecular weight excluding hydrogens is 417 g/mol. The molecule has 4 nitrogen and oxygen atoms in total. The maximum atomic E-state index is 13.0. The summed E-state index contributed by atoms with van der Waals surface area (Å²) in [6.07, 6.45) is -0.270. The molecule has 1 aliphatic rings. The van der Waals surface area contributed by atoms with Crippen molar-refractivity contribution in [3.8, 4) is 0 Å². The summed E-state index contributed by atoms with van der Waals surface area (Å²) in [6, 6.07) is 25.4. The molecule has 4 rings (SSSR count). The van der Waals surface area contributed by atoms with E-state index in [0.717, 1.165) is 21.6 Å². The quantitative estimate of drug-likeness (QED) is 0.607. The Hall–Kier alpha value is -2.79. The molecule has 1 amide bonds. The first-order valence-electron chi connectivity index (χ1n) is 9.69. The minimum Gasteiger partial charge on any atom is -0.298 e. The van der Waals surface area contributed by atoms with Crippen LogP contribution in [0.1, 0.15) is 22.9 Å². The third kappa shape index (κ3) is 4.36. The van der Waals surface area contributed by atoms with Gasteiger partial charge in [0.2, 0.25) is 6.17 Å². The molecule has 2 N–H and O–H groups in total. The summed E-state index contributed by atoms with van der Waals surface area (Å²) in [6.45, 7) is 5.19. The first-order valence-corrected chi connectivity index (χ1v) is 10.4. The number of hydrogen-bond donors (Lipinski definition) is 2. The smallest absolute Gasteiger partial charge is 0.298 e. The van der Waals surface area contributed by atoms with E-state index in [2.05, 4.69) is 24.1 Å². The van der Waals surface area contributed by atoms with Crippen LogP contribution in [-0.4, -0.2) is 17.5 Å². The lowest BCUT2D eigenvalue weighted by atomic mass is 10.1. The average molecular weight is 439 g/mol. The summed E-state index contributed by atoms with van der Waals surface area (Å²) >= 11 is 12.4. The minimum atomic E-state index is -0.270. The highest BCUT2D eigenvalue weighted by Crippen LogP contribution is 2.27. The highest BCUT2D eigenvalue weighted by atomic mass is 35.5. The van der Waals surface area contributed by atoms with Crippen molar-refractivity contribution in [3.05, 3.63) is 112 Å². The van der Waals surface area contributed by atoms with Gasteiger partial charge in [0.25, 0.3) is 0 Å². The molecule has 1 saturated heterocycles. The highest BCUT2D eigenvalue weighted by molar-refractivity contribution is 6.42. The molecule has 6 heteroatoms. The Labute approximate surface area is 186 Å². The number of carbonyl (C=O) groups is 1. The molecule has 0 saturated carbocycles. The molecule has 3 aromatic carbocycles. The molecule has 3 aromatic rings. The van der Waals surface area contributed by atoms with Crippen LogP contribution < -0.4 is 10.3 Å². The maximum Gasteiger partial charge on any atom is 0.301 e. The third-order valence-electron chi connectivity index (χ3n) is 5.20. The molecule has 2 atom stereocenters. The molecule has 0 bridgehead atoms. The minimum absolute atomic E-state index is 0.00548. The van der Waals surface area contributed by atoms with Gasteiger partial charge in [0.15, 0.2) is 6.54 Å². The van der Waals surface area contributed by atoms with Crippen LogP contribution in [0.15, 0.2) is 85.4 Å². The zero-order valence-corrected chi connectivity index (χ0v) is 17.8. The summed E-state index contributed by atoms with van der Waals surface area (Å²) in [5.41, 5.74) is 6.90. The second kappa shape index (κ2) is 8.92. The molecule has 0 spiro atoms. The van der Waals surface area contributed by atoms with Gasteiger partial charge >= 0.3 is 5.91 Å². The Morgan fingerprint density at radius 2 is 1.67 bits per heavy atom. The standard InChI is InChI=1S/C24H21Cl2N3O/c1-17(19-10-6-3-7-11-19)27-29-23(30)16-28(15-18-8-4-2-5-9-18)24(29)20-12-13-21(25)22(26)14-20/h2-14,24,27H,1,15-16H2/p+1/t24-/m0/s1. The molecular formula is C24H22Cl2N3O+. The number of hydrazine groups is 1. The zero-order valence-electron chi connectivity index (χ0n) is 16.3. The lowest BCUT2D eigenvalue weighted by Gasteiger charge is -2.29. The molecule has 1 unspecified atom stereocenters. The molecule has 0 radical (unpaired) electrons. The van der Waals surface area contributed by atoms with Crippen molar-refractivity contribution in [1.82, 2.24) is 10.4 Å². The fourth-order valence-corrected chi connectivity index (χ4v) is 4.07. The number of rotatable bonds is 6. The number of benzene rings is 3. The van der Waals surface area contributed by atoms with E-state index in [1.807, 2.05) is 60.7 Å². The summed E-state index contributed by atoms with van der Waals surface area (Å²) in [7, 11) is 0. The van der Waals surface area contributed by atoms with Gasteiger partial charge in [-0.2, -0.15) is 5.01 Å². The van der Waals surface area contributed by atoms with Crippen LogP contribution in [0.5, 0.6) is 0 Å². The zero-order chi connectivity index (χ0) is 21.1. The average Bonchev–Trinajstić information content (AvgIpc) is 3.06. The molecule has 0 aliphatic carbocycles. The van der Waals surface area contributed by atoms with Crippen LogP contribution in [0.2, 0.25) is 10.0 Å². The van der Waals surface area contributed by atoms with Gasteiger partial charge in [0, 0.05) is 11.1 Å². The Morgan fingerprint density at radius 3 is 2.33 bits per heavy atom. The van der Waals surface area contributed by atoms with E-state index >= 15 is 0 Å². The van der Waals surface area contributed by atoms with Crippen LogP contribution in [0.3, 0.4) is 0 Å². The first kappa shape index (κ1) is 20.5. The number of hydrogen-bond acceptors (Lipinski definition) is 2. The Kier molecular flexibility index (Phi) is 6.09. The van der Waals surface area contributed by atoms with Gasteiger partial charge in [-0.15, -0.1) is 0 Å². The predicted molar refractivity (Wildman–Crippen MR) is 121 cm³/mol. The third-order valence-corrected chi connectivity index (χ3v) is 5.94. The van der Waals surface area contributed by atoms with Crippen molar-refractivity contribution in [2.24, 2.45) is 0 Å². The number of amides is 1. The largest absolute Gasteiger partial charge is 0.301 e.